The molecule has 1 amide bonds. The molecule has 14 heavy (non-hydrogen) atoms. The van der Waals surface area contributed by atoms with E-state index in [4.69, 9.17) is 0 Å². The van der Waals surface area contributed by atoms with Crippen LogP contribution in [0.2, 0.25) is 0 Å². The highest BCUT2D eigenvalue weighted by molar-refractivity contribution is 5.93. The van der Waals surface area contributed by atoms with Gasteiger partial charge in [0.25, 0.3) is 5.91 Å². The predicted octanol–water partition coefficient (Wildman–Crippen LogP) is 1.22. The van der Waals surface area contributed by atoms with Crippen molar-refractivity contribution in [2.75, 3.05) is 13.1 Å². The summed E-state index contributed by atoms with van der Waals surface area (Å²) in [6.45, 7) is 9.92. The number of rotatable bonds is 2. The molecule has 0 unspecified atom stereocenters. The first kappa shape index (κ1) is 9.56. The van der Waals surface area contributed by atoms with E-state index in [-0.39, 0.29) is 5.91 Å². The van der Waals surface area contributed by atoms with Gasteiger partial charge in [-0.15, -0.1) is 0 Å². The molecule has 0 bridgehead atoms. The molecule has 2 fully saturated rings. The Hall–Kier alpha value is -0.990. The summed E-state index contributed by atoms with van der Waals surface area (Å²) in [7, 11) is 0. The molecule has 2 aliphatic rings. The molecular weight excluding hydrogens is 176 g/mol. The van der Waals surface area contributed by atoms with Gasteiger partial charge in [-0.2, -0.15) is 0 Å². The van der Waals surface area contributed by atoms with Crippen molar-refractivity contribution in [3.8, 4) is 0 Å². The van der Waals surface area contributed by atoms with Gasteiger partial charge in [0.05, 0.1) is 5.70 Å². The first-order chi connectivity index (χ1) is 6.61. The molecule has 1 saturated carbocycles. The third-order valence-corrected chi connectivity index (χ3v) is 3.05. The predicted molar refractivity (Wildman–Crippen MR) is 55.7 cm³/mol. The second-order valence-electron chi connectivity index (χ2n) is 4.46. The van der Waals surface area contributed by atoms with E-state index < -0.39 is 0 Å². The Bertz CT molecular complexity index is 248. The number of piperazine rings is 1. The molecule has 1 saturated heterocycles. The molecule has 0 aromatic rings. The maximum absolute atomic E-state index is 11.9. The highest BCUT2D eigenvalue weighted by Crippen LogP contribution is 2.30. The first-order valence-corrected chi connectivity index (χ1v) is 5.37. The third kappa shape index (κ3) is 1.51. The average molecular weight is 194 g/mol. The number of amides is 1. The summed E-state index contributed by atoms with van der Waals surface area (Å²) in [4.78, 5) is 16.0. The number of carbonyl (C=O) groups is 1. The second kappa shape index (κ2) is 3.30. The van der Waals surface area contributed by atoms with E-state index in [1.54, 1.807) is 0 Å². The summed E-state index contributed by atoms with van der Waals surface area (Å²) < 4.78 is 0. The molecule has 1 heterocycles. The average Bonchev–Trinajstić information content (AvgIpc) is 2.92. The summed E-state index contributed by atoms with van der Waals surface area (Å²) in [6.07, 6.45) is 2.36. The lowest BCUT2D eigenvalue weighted by atomic mass is 10.2. The van der Waals surface area contributed by atoms with Crippen molar-refractivity contribution in [3.63, 3.8) is 0 Å². The van der Waals surface area contributed by atoms with E-state index in [2.05, 4.69) is 25.3 Å². The molecule has 1 aliphatic carbocycles. The Morgan fingerprint density at radius 3 is 2.50 bits per heavy atom. The minimum absolute atomic E-state index is 0.146. The quantitative estimate of drug-likeness (QED) is 0.617. The SMILES string of the molecule is C=C1C(=O)N(C2CC2)CCN1C(C)C. The van der Waals surface area contributed by atoms with Gasteiger partial charge in [0.15, 0.2) is 0 Å². The zero-order chi connectivity index (χ0) is 10.3. The van der Waals surface area contributed by atoms with Crippen molar-refractivity contribution in [1.29, 1.82) is 0 Å². The van der Waals surface area contributed by atoms with Crippen LogP contribution in [0.25, 0.3) is 0 Å². The van der Waals surface area contributed by atoms with Crippen LogP contribution in [0, 0.1) is 0 Å². The number of hydrogen-bond donors (Lipinski definition) is 0. The molecule has 0 radical (unpaired) electrons. The van der Waals surface area contributed by atoms with Gasteiger partial charge in [0.1, 0.15) is 0 Å². The van der Waals surface area contributed by atoms with Crippen LogP contribution in [0.3, 0.4) is 0 Å². The van der Waals surface area contributed by atoms with Crippen molar-refractivity contribution >= 4 is 5.91 Å². The summed E-state index contributed by atoms with van der Waals surface area (Å²) in [5.74, 6) is 0.146. The van der Waals surface area contributed by atoms with Gasteiger partial charge in [0.2, 0.25) is 0 Å². The third-order valence-electron chi connectivity index (χ3n) is 3.05. The Balaban J connectivity index is 2.06. The van der Waals surface area contributed by atoms with Crippen molar-refractivity contribution in [2.45, 2.75) is 38.8 Å². The van der Waals surface area contributed by atoms with Gasteiger partial charge in [-0.3, -0.25) is 4.79 Å². The van der Waals surface area contributed by atoms with E-state index in [1.165, 1.54) is 12.8 Å². The molecule has 0 spiro atoms. The standard InChI is InChI=1S/C11H18N2O/c1-8(2)12-6-7-13(10-4-5-10)11(14)9(12)3/h8,10H,3-7H2,1-2H3. The summed E-state index contributed by atoms with van der Waals surface area (Å²) in [6, 6.07) is 0.904. The van der Waals surface area contributed by atoms with Crippen molar-refractivity contribution in [3.05, 3.63) is 12.3 Å². The van der Waals surface area contributed by atoms with Crippen LogP contribution in [0.1, 0.15) is 26.7 Å². The van der Waals surface area contributed by atoms with Gasteiger partial charge < -0.3 is 9.80 Å². The van der Waals surface area contributed by atoms with E-state index >= 15 is 0 Å². The Kier molecular flexibility index (Phi) is 2.25. The second-order valence-corrected chi connectivity index (χ2v) is 4.46. The zero-order valence-electron chi connectivity index (χ0n) is 8.99. The van der Waals surface area contributed by atoms with Crippen LogP contribution in [0.5, 0.6) is 0 Å². The minimum atomic E-state index is 0.146. The smallest absolute Gasteiger partial charge is 0.269 e. The lowest BCUT2D eigenvalue weighted by Crippen LogP contribution is -2.51. The normalized spacial score (nSPS) is 23.6. The highest BCUT2D eigenvalue weighted by Gasteiger charge is 2.37. The van der Waals surface area contributed by atoms with Crippen LogP contribution < -0.4 is 0 Å². The lowest BCUT2D eigenvalue weighted by molar-refractivity contribution is -0.132. The van der Waals surface area contributed by atoms with E-state index in [9.17, 15) is 4.79 Å². The number of hydrogen-bond acceptors (Lipinski definition) is 2. The maximum Gasteiger partial charge on any atom is 0.269 e. The van der Waals surface area contributed by atoms with Gasteiger partial charge in [-0.1, -0.05) is 6.58 Å². The minimum Gasteiger partial charge on any atom is -0.363 e. The lowest BCUT2D eigenvalue weighted by Gasteiger charge is -2.39. The molecule has 0 aromatic heterocycles. The molecule has 78 valence electrons. The molecule has 0 atom stereocenters. The first-order valence-electron chi connectivity index (χ1n) is 5.37. The molecule has 2 rings (SSSR count). The highest BCUT2D eigenvalue weighted by atomic mass is 16.2. The van der Waals surface area contributed by atoms with Crippen LogP contribution >= 0.6 is 0 Å². The van der Waals surface area contributed by atoms with Crippen molar-refractivity contribution in [1.82, 2.24) is 9.80 Å². The maximum atomic E-state index is 11.9. The van der Waals surface area contributed by atoms with Gasteiger partial charge >= 0.3 is 0 Å². The fraction of sp³-hybridized carbons (Fsp3) is 0.727. The zero-order valence-corrected chi connectivity index (χ0v) is 8.99. The Morgan fingerprint density at radius 1 is 1.36 bits per heavy atom. The summed E-state index contributed by atoms with van der Waals surface area (Å²) in [5.41, 5.74) is 0.679. The van der Waals surface area contributed by atoms with E-state index in [0.29, 0.717) is 17.8 Å². The molecule has 0 N–H and O–H groups in total. The van der Waals surface area contributed by atoms with Crippen LogP contribution in [-0.4, -0.2) is 40.9 Å². The van der Waals surface area contributed by atoms with Crippen molar-refractivity contribution < 1.29 is 4.79 Å². The van der Waals surface area contributed by atoms with Crippen LogP contribution in [0.15, 0.2) is 12.3 Å². The molecule has 1 aliphatic heterocycles. The van der Waals surface area contributed by atoms with Gasteiger partial charge in [-0.25, -0.2) is 0 Å². The largest absolute Gasteiger partial charge is 0.363 e. The number of nitrogens with zero attached hydrogens (tertiary/aromatic N) is 2. The number of carbonyl (C=O) groups excluding carboxylic acids is 1. The fourth-order valence-electron chi connectivity index (χ4n) is 2.05. The monoisotopic (exact) mass is 194 g/mol. The summed E-state index contributed by atoms with van der Waals surface area (Å²) >= 11 is 0. The molecule has 0 aromatic carbocycles. The van der Waals surface area contributed by atoms with Gasteiger partial charge in [0, 0.05) is 25.2 Å². The van der Waals surface area contributed by atoms with E-state index in [0.717, 1.165) is 13.1 Å². The fourth-order valence-corrected chi connectivity index (χ4v) is 2.05. The Labute approximate surface area is 85.4 Å². The summed E-state index contributed by atoms with van der Waals surface area (Å²) in [5, 5.41) is 0. The Morgan fingerprint density at radius 2 is 2.00 bits per heavy atom. The van der Waals surface area contributed by atoms with Crippen molar-refractivity contribution in [2.24, 2.45) is 0 Å². The van der Waals surface area contributed by atoms with Crippen LogP contribution in [-0.2, 0) is 4.79 Å². The molecule has 3 heteroatoms. The topological polar surface area (TPSA) is 23.6 Å². The molecular formula is C11H18N2O. The van der Waals surface area contributed by atoms with E-state index in [1.807, 2.05) is 4.90 Å². The molecule has 3 nitrogen and oxygen atoms in total. The van der Waals surface area contributed by atoms with Crippen LogP contribution in [0.4, 0.5) is 0 Å². The van der Waals surface area contributed by atoms with Gasteiger partial charge in [-0.05, 0) is 26.7 Å².